The van der Waals surface area contributed by atoms with Crippen molar-refractivity contribution in [1.29, 1.82) is 0 Å². The number of halogens is 1. The van der Waals surface area contributed by atoms with E-state index >= 15 is 4.39 Å². The number of rotatable bonds is 2. The Labute approximate surface area is 137 Å². The van der Waals surface area contributed by atoms with E-state index < -0.39 is 28.5 Å². The van der Waals surface area contributed by atoms with Gasteiger partial charge in [0.15, 0.2) is 5.67 Å². The van der Waals surface area contributed by atoms with Crippen LogP contribution >= 0.6 is 0 Å². The van der Waals surface area contributed by atoms with E-state index in [1.54, 1.807) is 6.92 Å². The van der Waals surface area contributed by atoms with Crippen LogP contribution in [0, 0.1) is 35.0 Å². The molecule has 4 heteroatoms. The van der Waals surface area contributed by atoms with E-state index in [4.69, 9.17) is 6.42 Å². The molecule has 3 aliphatic carbocycles. The van der Waals surface area contributed by atoms with Gasteiger partial charge in [-0.25, -0.2) is 4.39 Å². The molecule has 0 bridgehead atoms. The minimum atomic E-state index is -1.98. The summed E-state index contributed by atoms with van der Waals surface area (Å²) >= 11 is 0. The normalized spacial score (nSPS) is 49.4. The van der Waals surface area contributed by atoms with Gasteiger partial charge in [0, 0.05) is 30.6 Å². The van der Waals surface area contributed by atoms with Gasteiger partial charge in [0.05, 0.1) is 11.5 Å². The summed E-state index contributed by atoms with van der Waals surface area (Å²) in [4.78, 5) is 24.9. The number of terminal acetylenes is 1. The lowest BCUT2D eigenvalue weighted by Gasteiger charge is -2.59. The van der Waals surface area contributed by atoms with Gasteiger partial charge in [-0.1, -0.05) is 6.92 Å². The summed E-state index contributed by atoms with van der Waals surface area (Å²) in [5.74, 6) is 1.96. The van der Waals surface area contributed by atoms with Crippen molar-refractivity contribution >= 4 is 11.6 Å². The maximum Gasteiger partial charge on any atom is 0.152 e. The first-order valence-electron chi connectivity index (χ1n) is 8.59. The quantitative estimate of drug-likeness (QED) is 0.796. The number of Topliss-reactive ketones (excluding diaryl/α,β-unsaturated/α-hetero) is 2. The van der Waals surface area contributed by atoms with Crippen molar-refractivity contribution in [3.05, 3.63) is 0 Å². The van der Waals surface area contributed by atoms with Crippen LogP contribution < -0.4 is 0 Å². The lowest BCUT2D eigenvalue weighted by atomic mass is 9.46. The molecule has 126 valence electrons. The molecule has 0 aromatic carbocycles. The van der Waals surface area contributed by atoms with Gasteiger partial charge in [-0.15, -0.1) is 12.3 Å². The maximum atomic E-state index is 16.3. The first kappa shape index (κ1) is 16.6. The van der Waals surface area contributed by atoms with Crippen molar-refractivity contribution in [3.63, 3.8) is 0 Å². The van der Waals surface area contributed by atoms with Gasteiger partial charge >= 0.3 is 0 Å². The molecular formula is C19H25FO3. The Morgan fingerprint density at radius 2 is 1.83 bits per heavy atom. The van der Waals surface area contributed by atoms with Crippen molar-refractivity contribution in [2.24, 2.45) is 22.7 Å². The molecule has 0 amide bonds. The number of aliphatic hydroxyl groups excluding tert-OH is 1. The van der Waals surface area contributed by atoms with E-state index in [9.17, 15) is 14.7 Å². The largest absolute Gasteiger partial charge is 0.390 e. The highest BCUT2D eigenvalue weighted by Gasteiger charge is 2.71. The molecular weight excluding hydrogens is 295 g/mol. The summed E-state index contributed by atoms with van der Waals surface area (Å²) in [5, 5.41) is 10.7. The molecule has 23 heavy (non-hydrogen) atoms. The number of ketones is 2. The average molecular weight is 320 g/mol. The van der Waals surface area contributed by atoms with Gasteiger partial charge in [0.2, 0.25) is 0 Å². The van der Waals surface area contributed by atoms with Crippen LogP contribution in [0.25, 0.3) is 0 Å². The third-order valence-corrected chi connectivity index (χ3v) is 7.18. The highest BCUT2D eigenvalue weighted by molar-refractivity contribution is 5.89. The first-order chi connectivity index (χ1) is 10.7. The summed E-state index contributed by atoms with van der Waals surface area (Å²) in [6, 6.07) is 0. The summed E-state index contributed by atoms with van der Waals surface area (Å²) < 4.78 is 16.3. The van der Waals surface area contributed by atoms with E-state index in [0.717, 1.165) is 0 Å². The minimum Gasteiger partial charge on any atom is -0.390 e. The van der Waals surface area contributed by atoms with Crippen molar-refractivity contribution in [3.8, 4) is 12.3 Å². The van der Waals surface area contributed by atoms with Gasteiger partial charge in [-0.3, -0.25) is 9.59 Å². The van der Waals surface area contributed by atoms with E-state index in [-0.39, 0.29) is 30.3 Å². The van der Waals surface area contributed by atoms with E-state index in [1.165, 1.54) is 0 Å². The van der Waals surface area contributed by atoms with Crippen molar-refractivity contribution in [2.75, 3.05) is 0 Å². The second-order valence-electron chi connectivity index (χ2n) is 8.08. The number of carbonyl (C=O) groups is 2. The van der Waals surface area contributed by atoms with E-state index in [1.807, 2.05) is 6.92 Å². The second-order valence-corrected chi connectivity index (χ2v) is 8.08. The van der Waals surface area contributed by atoms with Crippen LogP contribution in [0.1, 0.15) is 58.8 Å². The Morgan fingerprint density at radius 1 is 1.22 bits per heavy atom. The summed E-state index contributed by atoms with van der Waals surface area (Å²) in [7, 11) is 0. The average Bonchev–Trinajstić information content (AvgIpc) is 2.79. The molecule has 1 unspecified atom stereocenters. The topological polar surface area (TPSA) is 54.4 Å². The minimum absolute atomic E-state index is 0.0818. The smallest absolute Gasteiger partial charge is 0.152 e. The molecule has 6 atom stereocenters. The third-order valence-electron chi connectivity index (χ3n) is 7.18. The zero-order chi connectivity index (χ0) is 17.0. The zero-order valence-corrected chi connectivity index (χ0v) is 13.9. The number of hydrogen-bond acceptors (Lipinski definition) is 3. The highest BCUT2D eigenvalue weighted by Crippen LogP contribution is 2.65. The third kappa shape index (κ3) is 1.92. The lowest BCUT2D eigenvalue weighted by Crippen LogP contribution is -2.68. The molecule has 3 nitrogen and oxygen atoms in total. The highest BCUT2D eigenvalue weighted by atomic mass is 19.1. The fourth-order valence-electron chi connectivity index (χ4n) is 5.72. The van der Waals surface area contributed by atoms with Gasteiger partial charge in [0.25, 0.3) is 0 Å². The molecule has 0 aliphatic heterocycles. The van der Waals surface area contributed by atoms with Crippen molar-refractivity contribution < 1.29 is 19.1 Å². The lowest BCUT2D eigenvalue weighted by molar-refractivity contribution is -0.212. The molecule has 0 saturated heterocycles. The number of fused-ring (bicyclic) bond motifs is 3. The van der Waals surface area contributed by atoms with Gasteiger partial charge in [-0.05, 0) is 38.5 Å². The standard InChI is InChI=1S/C19H25FO3/c1-4-5-10-18(3)15(22)9-7-13-12-6-8-14(21)17(12,2)11-16(23)19(13,18)20/h1,12-13,16,23H,5-11H2,2-3H3/t12-,13-,16-,17-,18-,19?/m0/s1. The fraction of sp³-hybridized carbons (Fsp3) is 0.789. The Hall–Kier alpha value is -1.21. The van der Waals surface area contributed by atoms with Gasteiger partial charge in [0.1, 0.15) is 11.6 Å². The van der Waals surface area contributed by atoms with Crippen molar-refractivity contribution in [2.45, 2.75) is 70.6 Å². The molecule has 0 heterocycles. The van der Waals surface area contributed by atoms with Crippen LogP contribution in [0.15, 0.2) is 0 Å². The first-order valence-corrected chi connectivity index (χ1v) is 8.59. The molecule has 3 fully saturated rings. The zero-order valence-electron chi connectivity index (χ0n) is 13.9. The van der Waals surface area contributed by atoms with Crippen LogP contribution in [0.3, 0.4) is 0 Å². The molecule has 3 saturated carbocycles. The van der Waals surface area contributed by atoms with Crippen LogP contribution in [0.4, 0.5) is 4.39 Å². The molecule has 0 aromatic heterocycles. The van der Waals surface area contributed by atoms with Gasteiger partial charge in [-0.2, -0.15) is 0 Å². The van der Waals surface area contributed by atoms with Crippen LogP contribution in [-0.2, 0) is 9.59 Å². The number of hydrogen-bond donors (Lipinski definition) is 1. The van der Waals surface area contributed by atoms with Crippen LogP contribution in [-0.4, -0.2) is 28.4 Å². The molecule has 0 spiro atoms. The summed E-state index contributed by atoms with van der Waals surface area (Å²) in [6.45, 7) is 3.49. The van der Waals surface area contributed by atoms with Crippen LogP contribution in [0.2, 0.25) is 0 Å². The molecule has 0 radical (unpaired) electrons. The van der Waals surface area contributed by atoms with Crippen LogP contribution in [0.5, 0.6) is 0 Å². The maximum absolute atomic E-state index is 16.3. The Kier molecular flexibility index (Phi) is 3.72. The Bertz CT molecular complexity index is 594. The SMILES string of the molecule is C#CCC[C@@]1(C)C(=O)CC[C@H]2[C@@H]3CCC(=O)[C@@]3(C)C[C@H](O)C21F. The van der Waals surface area contributed by atoms with Gasteiger partial charge < -0.3 is 5.11 Å². The summed E-state index contributed by atoms with van der Waals surface area (Å²) in [5.41, 5.74) is -3.88. The predicted molar refractivity (Wildman–Crippen MR) is 84.2 cm³/mol. The fourth-order valence-corrected chi connectivity index (χ4v) is 5.72. The Morgan fingerprint density at radius 3 is 2.48 bits per heavy atom. The van der Waals surface area contributed by atoms with E-state index in [2.05, 4.69) is 5.92 Å². The molecule has 3 aliphatic rings. The number of aliphatic hydroxyl groups is 1. The second kappa shape index (κ2) is 5.14. The molecule has 3 rings (SSSR count). The molecule has 0 aromatic rings. The summed E-state index contributed by atoms with van der Waals surface area (Å²) in [6.07, 6.45) is 6.57. The number of alkyl halides is 1. The van der Waals surface area contributed by atoms with E-state index in [0.29, 0.717) is 32.1 Å². The molecule has 1 N–H and O–H groups in total. The Balaban J connectivity index is 2.07. The van der Waals surface area contributed by atoms with Crippen molar-refractivity contribution in [1.82, 2.24) is 0 Å². The predicted octanol–water partition coefficient (Wildman–Crippen LogP) is 2.84. The monoisotopic (exact) mass is 320 g/mol. The number of carbonyl (C=O) groups excluding carboxylic acids is 2.